The molecule has 0 aliphatic rings. The molecule has 1 unspecified atom stereocenters. The lowest BCUT2D eigenvalue weighted by atomic mass is 10.0. The Morgan fingerprint density at radius 3 is 3.00 bits per heavy atom. The standard InChI is InChI=1S/C10H14OS/c1-2-3-5-9(8-11)10-6-4-7-12-10/h4,6-9H,2-3,5H2,1H3. The van der Waals surface area contributed by atoms with Gasteiger partial charge in [0.2, 0.25) is 0 Å². The summed E-state index contributed by atoms with van der Waals surface area (Å²) in [6, 6.07) is 4.04. The second-order valence-corrected chi connectivity index (χ2v) is 3.88. The van der Waals surface area contributed by atoms with Crippen LogP contribution in [0.3, 0.4) is 0 Å². The average molecular weight is 182 g/mol. The van der Waals surface area contributed by atoms with Gasteiger partial charge in [0.05, 0.1) is 0 Å². The molecular weight excluding hydrogens is 168 g/mol. The van der Waals surface area contributed by atoms with Crippen LogP contribution in [0.2, 0.25) is 0 Å². The smallest absolute Gasteiger partial charge is 0.128 e. The summed E-state index contributed by atoms with van der Waals surface area (Å²) < 4.78 is 0. The van der Waals surface area contributed by atoms with Crippen LogP contribution in [0.1, 0.15) is 37.0 Å². The number of hydrogen-bond donors (Lipinski definition) is 0. The van der Waals surface area contributed by atoms with Gasteiger partial charge in [0.15, 0.2) is 0 Å². The highest BCUT2D eigenvalue weighted by Gasteiger charge is 2.09. The molecule has 1 atom stereocenters. The summed E-state index contributed by atoms with van der Waals surface area (Å²) in [5.41, 5.74) is 0. The summed E-state index contributed by atoms with van der Waals surface area (Å²) >= 11 is 1.67. The molecule has 0 spiro atoms. The molecular formula is C10H14OS. The van der Waals surface area contributed by atoms with Crippen molar-refractivity contribution in [3.8, 4) is 0 Å². The summed E-state index contributed by atoms with van der Waals surface area (Å²) in [7, 11) is 0. The van der Waals surface area contributed by atoms with E-state index >= 15 is 0 Å². The van der Waals surface area contributed by atoms with Crippen molar-refractivity contribution in [1.82, 2.24) is 0 Å². The summed E-state index contributed by atoms with van der Waals surface area (Å²) in [6.45, 7) is 2.15. The third kappa shape index (κ3) is 2.45. The van der Waals surface area contributed by atoms with Crippen molar-refractivity contribution in [1.29, 1.82) is 0 Å². The van der Waals surface area contributed by atoms with E-state index in [-0.39, 0.29) is 5.92 Å². The lowest BCUT2D eigenvalue weighted by Gasteiger charge is -2.05. The van der Waals surface area contributed by atoms with Crippen molar-refractivity contribution in [2.24, 2.45) is 0 Å². The minimum Gasteiger partial charge on any atom is -0.303 e. The van der Waals surface area contributed by atoms with Crippen LogP contribution in [0.15, 0.2) is 17.5 Å². The largest absolute Gasteiger partial charge is 0.303 e. The molecule has 66 valence electrons. The zero-order valence-corrected chi connectivity index (χ0v) is 8.14. The molecule has 0 aliphatic carbocycles. The highest BCUT2D eigenvalue weighted by atomic mass is 32.1. The number of rotatable bonds is 5. The fourth-order valence-corrected chi connectivity index (χ4v) is 2.02. The van der Waals surface area contributed by atoms with E-state index < -0.39 is 0 Å². The molecule has 0 bridgehead atoms. The van der Waals surface area contributed by atoms with Gasteiger partial charge in [0.25, 0.3) is 0 Å². The molecule has 0 radical (unpaired) electrons. The lowest BCUT2D eigenvalue weighted by molar-refractivity contribution is -0.109. The van der Waals surface area contributed by atoms with Gasteiger partial charge in [0.1, 0.15) is 6.29 Å². The molecule has 1 heterocycles. The monoisotopic (exact) mass is 182 g/mol. The van der Waals surface area contributed by atoms with Gasteiger partial charge < -0.3 is 4.79 Å². The molecule has 1 aromatic heterocycles. The Morgan fingerprint density at radius 1 is 1.67 bits per heavy atom. The normalized spacial score (nSPS) is 12.8. The van der Waals surface area contributed by atoms with Gasteiger partial charge in [-0.05, 0) is 17.9 Å². The van der Waals surface area contributed by atoms with Gasteiger partial charge in [-0.25, -0.2) is 0 Å². The Balaban J connectivity index is 2.51. The highest BCUT2D eigenvalue weighted by Crippen LogP contribution is 2.23. The molecule has 0 N–H and O–H groups in total. The molecule has 1 aromatic rings. The zero-order valence-electron chi connectivity index (χ0n) is 7.32. The second-order valence-electron chi connectivity index (χ2n) is 2.90. The third-order valence-electron chi connectivity index (χ3n) is 1.94. The Kier molecular flexibility index (Phi) is 4.01. The van der Waals surface area contributed by atoms with Crippen LogP contribution < -0.4 is 0 Å². The summed E-state index contributed by atoms with van der Waals surface area (Å²) in [6.07, 6.45) is 4.37. The van der Waals surface area contributed by atoms with Crippen LogP contribution in [-0.2, 0) is 4.79 Å². The fraction of sp³-hybridized carbons (Fsp3) is 0.500. The van der Waals surface area contributed by atoms with Crippen LogP contribution in [-0.4, -0.2) is 6.29 Å². The lowest BCUT2D eigenvalue weighted by Crippen LogP contribution is -1.96. The second kappa shape index (κ2) is 5.09. The minimum atomic E-state index is 0.143. The maximum absolute atomic E-state index is 10.7. The van der Waals surface area contributed by atoms with Crippen LogP contribution in [0.4, 0.5) is 0 Å². The first-order valence-electron chi connectivity index (χ1n) is 4.37. The molecule has 1 nitrogen and oxygen atoms in total. The number of aldehydes is 1. The maximum atomic E-state index is 10.7. The van der Waals surface area contributed by atoms with E-state index in [0.717, 1.165) is 25.5 Å². The number of unbranched alkanes of at least 4 members (excludes halogenated alkanes) is 1. The molecule has 0 aliphatic heterocycles. The Labute approximate surface area is 77.4 Å². The number of carbonyl (C=O) groups excluding carboxylic acids is 1. The Bertz CT molecular complexity index is 216. The van der Waals surface area contributed by atoms with Gasteiger partial charge in [-0.15, -0.1) is 11.3 Å². The maximum Gasteiger partial charge on any atom is 0.128 e. The number of hydrogen-bond acceptors (Lipinski definition) is 2. The number of carbonyl (C=O) groups is 1. The van der Waals surface area contributed by atoms with Crippen molar-refractivity contribution in [2.75, 3.05) is 0 Å². The minimum absolute atomic E-state index is 0.143. The molecule has 0 amide bonds. The quantitative estimate of drug-likeness (QED) is 0.639. The fourth-order valence-electron chi connectivity index (χ4n) is 1.20. The SMILES string of the molecule is CCCCC(C=O)c1cccs1. The zero-order chi connectivity index (χ0) is 8.81. The van der Waals surface area contributed by atoms with E-state index in [1.54, 1.807) is 11.3 Å². The predicted molar refractivity (Wildman–Crippen MR) is 52.6 cm³/mol. The van der Waals surface area contributed by atoms with E-state index in [2.05, 4.69) is 6.92 Å². The van der Waals surface area contributed by atoms with Crippen molar-refractivity contribution >= 4 is 17.6 Å². The van der Waals surface area contributed by atoms with Gasteiger partial charge in [-0.2, -0.15) is 0 Å². The average Bonchev–Trinajstić information content (AvgIpc) is 2.59. The molecule has 0 aromatic carbocycles. The molecule has 2 heteroatoms. The van der Waals surface area contributed by atoms with E-state index in [4.69, 9.17) is 0 Å². The molecule has 0 saturated carbocycles. The topological polar surface area (TPSA) is 17.1 Å². The van der Waals surface area contributed by atoms with E-state index in [1.807, 2.05) is 17.5 Å². The van der Waals surface area contributed by atoms with E-state index in [0.29, 0.717) is 0 Å². The molecule has 0 saturated heterocycles. The Hall–Kier alpha value is -0.630. The van der Waals surface area contributed by atoms with Gasteiger partial charge in [-0.1, -0.05) is 25.8 Å². The van der Waals surface area contributed by atoms with Gasteiger partial charge >= 0.3 is 0 Å². The van der Waals surface area contributed by atoms with Crippen molar-refractivity contribution in [3.05, 3.63) is 22.4 Å². The molecule has 0 fully saturated rings. The van der Waals surface area contributed by atoms with Crippen molar-refractivity contribution in [2.45, 2.75) is 32.1 Å². The van der Waals surface area contributed by atoms with Gasteiger partial charge in [0, 0.05) is 10.8 Å². The van der Waals surface area contributed by atoms with Crippen molar-refractivity contribution < 1.29 is 4.79 Å². The third-order valence-corrected chi connectivity index (χ3v) is 2.95. The van der Waals surface area contributed by atoms with Crippen LogP contribution >= 0.6 is 11.3 Å². The van der Waals surface area contributed by atoms with E-state index in [9.17, 15) is 4.79 Å². The first-order chi connectivity index (χ1) is 5.88. The van der Waals surface area contributed by atoms with Crippen molar-refractivity contribution in [3.63, 3.8) is 0 Å². The molecule has 12 heavy (non-hydrogen) atoms. The first kappa shape index (κ1) is 9.46. The van der Waals surface area contributed by atoms with Crippen LogP contribution in [0.5, 0.6) is 0 Å². The highest BCUT2D eigenvalue weighted by molar-refractivity contribution is 7.10. The predicted octanol–water partition coefficient (Wildman–Crippen LogP) is 3.22. The van der Waals surface area contributed by atoms with Crippen LogP contribution in [0, 0.1) is 0 Å². The first-order valence-corrected chi connectivity index (χ1v) is 5.25. The van der Waals surface area contributed by atoms with Crippen LogP contribution in [0.25, 0.3) is 0 Å². The van der Waals surface area contributed by atoms with Gasteiger partial charge in [-0.3, -0.25) is 0 Å². The summed E-state index contributed by atoms with van der Waals surface area (Å²) in [4.78, 5) is 11.9. The molecule has 1 rings (SSSR count). The Morgan fingerprint density at radius 2 is 2.50 bits per heavy atom. The number of thiophene rings is 1. The van der Waals surface area contributed by atoms with E-state index in [1.165, 1.54) is 4.88 Å². The summed E-state index contributed by atoms with van der Waals surface area (Å²) in [5.74, 6) is 0.143. The summed E-state index contributed by atoms with van der Waals surface area (Å²) in [5, 5.41) is 2.03.